The molecule has 2 heterocycles. The fourth-order valence-electron chi connectivity index (χ4n) is 2.05. The topological polar surface area (TPSA) is 54.1 Å². The summed E-state index contributed by atoms with van der Waals surface area (Å²) in [5.41, 5.74) is 2.47. The Kier molecular flexibility index (Phi) is 3.43. The SMILES string of the molecule is COC(=O)c1ccc(CNc2ccc3sccc3c2)[nH]1. The smallest absolute Gasteiger partial charge is 0.354 e. The Hall–Kier alpha value is -2.27. The standard InChI is InChI=1S/C15H14N2O2S/c1-19-15(18)13-4-2-12(17-13)9-16-11-3-5-14-10(8-11)6-7-20-14/h2-8,16-17H,9H2,1H3. The maximum Gasteiger partial charge on any atom is 0.354 e. The highest BCUT2D eigenvalue weighted by atomic mass is 32.1. The van der Waals surface area contributed by atoms with E-state index in [9.17, 15) is 4.79 Å². The molecule has 20 heavy (non-hydrogen) atoms. The van der Waals surface area contributed by atoms with Crippen molar-refractivity contribution in [1.29, 1.82) is 0 Å². The quantitative estimate of drug-likeness (QED) is 0.720. The van der Waals surface area contributed by atoms with Crippen LogP contribution in [0.25, 0.3) is 10.1 Å². The number of aromatic nitrogens is 1. The van der Waals surface area contributed by atoms with Gasteiger partial charge in [-0.05, 0) is 47.2 Å². The first-order valence-corrected chi connectivity index (χ1v) is 7.11. The van der Waals surface area contributed by atoms with E-state index < -0.39 is 0 Å². The van der Waals surface area contributed by atoms with Crippen molar-refractivity contribution in [3.8, 4) is 0 Å². The summed E-state index contributed by atoms with van der Waals surface area (Å²) in [5.74, 6) is -0.351. The van der Waals surface area contributed by atoms with Gasteiger partial charge >= 0.3 is 5.97 Å². The van der Waals surface area contributed by atoms with Gasteiger partial charge in [0, 0.05) is 16.1 Å². The Morgan fingerprint density at radius 3 is 3.05 bits per heavy atom. The number of H-pyrrole nitrogens is 1. The summed E-state index contributed by atoms with van der Waals surface area (Å²) in [6, 6.07) is 12.0. The maximum atomic E-state index is 11.3. The predicted octanol–water partition coefficient (Wildman–Crippen LogP) is 3.63. The molecule has 0 fully saturated rings. The highest BCUT2D eigenvalue weighted by Crippen LogP contribution is 2.24. The number of anilines is 1. The number of fused-ring (bicyclic) bond motifs is 1. The first-order valence-electron chi connectivity index (χ1n) is 6.23. The molecule has 0 spiro atoms. The van der Waals surface area contributed by atoms with Crippen LogP contribution < -0.4 is 5.32 Å². The van der Waals surface area contributed by atoms with Gasteiger partial charge in [0.25, 0.3) is 0 Å². The number of hydrogen-bond acceptors (Lipinski definition) is 4. The normalized spacial score (nSPS) is 10.7. The van der Waals surface area contributed by atoms with Gasteiger partial charge in [0.2, 0.25) is 0 Å². The molecule has 0 saturated heterocycles. The average Bonchev–Trinajstić information content (AvgIpc) is 3.12. The van der Waals surface area contributed by atoms with Gasteiger partial charge < -0.3 is 15.0 Å². The molecule has 0 aliphatic heterocycles. The lowest BCUT2D eigenvalue weighted by Gasteiger charge is -2.05. The number of carbonyl (C=O) groups is 1. The molecule has 4 nitrogen and oxygen atoms in total. The molecule has 2 N–H and O–H groups in total. The minimum Gasteiger partial charge on any atom is -0.464 e. The molecule has 0 atom stereocenters. The molecule has 2 aromatic heterocycles. The lowest BCUT2D eigenvalue weighted by molar-refractivity contribution is 0.0594. The zero-order valence-electron chi connectivity index (χ0n) is 11.0. The Bertz CT molecular complexity index is 745. The minimum absolute atomic E-state index is 0.351. The van der Waals surface area contributed by atoms with Crippen molar-refractivity contribution in [1.82, 2.24) is 4.98 Å². The number of esters is 1. The van der Waals surface area contributed by atoms with Gasteiger partial charge in [-0.1, -0.05) is 0 Å². The highest BCUT2D eigenvalue weighted by molar-refractivity contribution is 7.17. The van der Waals surface area contributed by atoms with Gasteiger partial charge in [-0.25, -0.2) is 4.79 Å². The van der Waals surface area contributed by atoms with E-state index in [1.165, 1.54) is 17.2 Å². The number of aromatic amines is 1. The van der Waals surface area contributed by atoms with Crippen LogP contribution in [0.4, 0.5) is 5.69 Å². The largest absolute Gasteiger partial charge is 0.464 e. The van der Waals surface area contributed by atoms with Crippen LogP contribution in [-0.4, -0.2) is 18.1 Å². The second-order valence-electron chi connectivity index (χ2n) is 4.42. The molecule has 3 aromatic rings. The van der Waals surface area contributed by atoms with Crippen LogP contribution in [0, 0.1) is 0 Å². The van der Waals surface area contributed by atoms with Gasteiger partial charge in [0.05, 0.1) is 13.7 Å². The molecule has 102 valence electrons. The number of ether oxygens (including phenoxy) is 1. The van der Waals surface area contributed by atoms with Crippen LogP contribution in [0.1, 0.15) is 16.2 Å². The van der Waals surface area contributed by atoms with Crippen LogP contribution in [0.3, 0.4) is 0 Å². The van der Waals surface area contributed by atoms with Crippen LogP contribution in [-0.2, 0) is 11.3 Å². The summed E-state index contributed by atoms with van der Waals surface area (Å²) in [4.78, 5) is 14.4. The van der Waals surface area contributed by atoms with Gasteiger partial charge in [-0.2, -0.15) is 0 Å². The zero-order chi connectivity index (χ0) is 13.9. The van der Waals surface area contributed by atoms with Crippen molar-refractivity contribution in [2.24, 2.45) is 0 Å². The number of nitrogens with one attached hydrogen (secondary N) is 2. The van der Waals surface area contributed by atoms with E-state index in [1.54, 1.807) is 17.4 Å². The third-order valence-corrected chi connectivity index (χ3v) is 3.98. The Labute approximate surface area is 120 Å². The van der Waals surface area contributed by atoms with E-state index >= 15 is 0 Å². The summed E-state index contributed by atoms with van der Waals surface area (Å²) in [5, 5.41) is 6.66. The van der Waals surface area contributed by atoms with Gasteiger partial charge in [-0.15, -0.1) is 11.3 Å². The number of carbonyl (C=O) groups excluding carboxylic acids is 1. The highest BCUT2D eigenvalue weighted by Gasteiger charge is 2.07. The van der Waals surface area contributed by atoms with Crippen molar-refractivity contribution in [2.45, 2.75) is 6.54 Å². The summed E-state index contributed by atoms with van der Waals surface area (Å²) >= 11 is 1.73. The molecule has 5 heteroatoms. The van der Waals surface area contributed by atoms with Crippen LogP contribution in [0.5, 0.6) is 0 Å². The first-order chi connectivity index (χ1) is 9.76. The van der Waals surface area contributed by atoms with Crippen LogP contribution >= 0.6 is 11.3 Å². The van der Waals surface area contributed by atoms with Gasteiger partial charge in [0.15, 0.2) is 0 Å². The first kappa shape index (κ1) is 12.7. The molecule has 3 rings (SSSR count). The fraction of sp³-hybridized carbons (Fsp3) is 0.133. The second kappa shape index (κ2) is 5.38. The van der Waals surface area contributed by atoms with Crippen LogP contribution in [0.2, 0.25) is 0 Å². The maximum absolute atomic E-state index is 11.3. The summed E-state index contributed by atoms with van der Waals surface area (Å²) in [7, 11) is 1.37. The minimum atomic E-state index is -0.351. The molecule has 0 radical (unpaired) electrons. The third-order valence-electron chi connectivity index (χ3n) is 3.09. The molecule has 0 amide bonds. The Morgan fingerprint density at radius 1 is 1.30 bits per heavy atom. The van der Waals surface area contributed by atoms with E-state index in [4.69, 9.17) is 0 Å². The molecule has 1 aromatic carbocycles. The van der Waals surface area contributed by atoms with Crippen molar-refractivity contribution in [2.75, 3.05) is 12.4 Å². The number of benzene rings is 1. The molecular formula is C15H14N2O2S. The lowest BCUT2D eigenvalue weighted by atomic mass is 10.2. The molecule has 0 bridgehead atoms. The number of methoxy groups -OCH3 is 1. The number of thiophene rings is 1. The summed E-state index contributed by atoms with van der Waals surface area (Å²) < 4.78 is 5.94. The van der Waals surface area contributed by atoms with Crippen molar-refractivity contribution in [3.05, 3.63) is 53.2 Å². The van der Waals surface area contributed by atoms with E-state index in [0.29, 0.717) is 12.2 Å². The van der Waals surface area contributed by atoms with Crippen molar-refractivity contribution >= 4 is 33.1 Å². The fourth-order valence-corrected chi connectivity index (χ4v) is 2.82. The Morgan fingerprint density at radius 2 is 2.20 bits per heavy atom. The van der Waals surface area contributed by atoms with Gasteiger partial charge in [-0.3, -0.25) is 0 Å². The zero-order valence-corrected chi connectivity index (χ0v) is 11.8. The van der Waals surface area contributed by atoms with E-state index in [0.717, 1.165) is 11.4 Å². The number of hydrogen-bond donors (Lipinski definition) is 2. The molecule has 0 aliphatic rings. The van der Waals surface area contributed by atoms with Crippen molar-refractivity contribution in [3.63, 3.8) is 0 Å². The lowest BCUT2D eigenvalue weighted by Crippen LogP contribution is -2.03. The monoisotopic (exact) mass is 286 g/mol. The summed E-state index contributed by atoms with van der Waals surface area (Å²) in [6.45, 7) is 0.632. The predicted molar refractivity (Wildman–Crippen MR) is 81.3 cm³/mol. The second-order valence-corrected chi connectivity index (χ2v) is 5.36. The molecular weight excluding hydrogens is 272 g/mol. The van der Waals surface area contributed by atoms with Gasteiger partial charge in [0.1, 0.15) is 5.69 Å². The number of rotatable bonds is 4. The average molecular weight is 286 g/mol. The van der Waals surface area contributed by atoms with E-state index in [2.05, 4.69) is 44.7 Å². The summed E-state index contributed by atoms with van der Waals surface area (Å²) in [6.07, 6.45) is 0. The molecule has 0 saturated carbocycles. The van der Waals surface area contributed by atoms with Crippen molar-refractivity contribution < 1.29 is 9.53 Å². The van der Waals surface area contributed by atoms with E-state index in [1.807, 2.05) is 6.07 Å². The van der Waals surface area contributed by atoms with Crippen LogP contribution in [0.15, 0.2) is 41.8 Å². The third kappa shape index (κ3) is 2.53. The Balaban J connectivity index is 1.69. The molecule has 0 unspecified atom stereocenters. The van der Waals surface area contributed by atoms with E-state index in [-0.39, 0.29) is 5.97 Å². The molecule has 0 aliphatic carbocycles.